The SMILES string of the molecule is Fc1cc(Br)c(N2C=NCC2)c(Br)c1. The summed E-state index contributed by atoms with van der Waals surface area (Å²) in [5, 5.41) is 0. The van der Waals surface area contributed by atoms with Crippen LogP contribution in [0.3, 0.4) is 0 Å². The average Bonchev–Trinajstić information content (AvgIpc) is 2.54. The molecule has 14 heavy (non-hydrogen) atoms. The lowest BCUT2D eigenvalue weighted by molar-refractivity contribution is 0.626. The Balaban J connectivity index is 2.46. The number of hydrogen-bond donors (Lipinski definition) is 0. The number of rotatable bonds is 1. The zero-order chi connectivity index (χ0) is 10.1. The second-order valence-electron chi connectivity index (χ2n) is 2.93. The lowest BCUT2D eigenvalue weighted by Gasteiger charge is -2.17. The Kier molecular flexibility index (Phi) is 2.88. The van der Waals surface area contributed by atoms with Crippen molar-refractivity contribution in [2.24, 2.45) is 4.99 Å². The molecular weight excluding hydrogens is 315 g/mol. The van der Waals surface area contributed by atoms with Crippen molar-refractivity contribution in [3.63, 3.8) is 0 Å². The standard InChI is InChI=1S/C9H7Br2FN2/c10-7-3-6(12)4-8(11)9(7)14-2-1-13-5-14/h3-5H,1-2H2. The van der Waals surface area contributed by atoms with Crippen LogP contribution in [0, 0.1) is 5.82 Å². The molecule has 0 radical (unpaired) electrons. The fourth-order valence-electron chi connectivity index (χ4n) is 1.36. The smallest absolute Gasteiger partial charge is 0.125 e. The second-order valence-corrected chi connectivity index (χ2v) is 4.64. The van der Waals surface area contributed by atoms with Crippen LogP contribution in [0.15, 0.2) is 26.1 Å². The second kappa shape index (κ2) is 3.98. The van der Waals surface area contributed by atoms with E-state index in [2.05, 4.69) is 36.9 Å². The molecule has 1 aromatic rings. The van der Waals surface area contributed by atoms with Gasteiger partial charge < -0.3 is 4.90 Å². The van der Waals surface area contributed by atoms with E-state index in [4.69, 9.17) is 0 Å². The first-order valence-corrected chi connectivity index (χ1v) is 5.68. The monoisotopic (exact) mass is 320 g/mol. The normalized spacial score (nSPS) is 15.2. The van der Waals surface area contributed by atoms with Gasteiger partial charge in [0.25, 0.3) is 0 Å². The van der Waals surface area contributed by atoms with Gasteiger partial charge in [0.1, 0.15) is 5.82 Å². The molecule has 0 spiro atoms. The van der Waals surface area contributed by atoms with E-state index in [-0.39, 0.29) is 5.82 Å². The van der Waals surface area contributed by atoms with Crippen LogP contribution in [0.2, 0.25) is 0 Å². The van der Waals surface area contributed by atoms with Crippen molar-refractivity contribution in [2.75, 3.05) is 18.0 Å². The van der Waals surface area contributed by atoms with Crippen LogP contribution in [-0.4, -0.2) is 19.4 Å². The first kappa shape index (κ1) is 10.1. The predicted octanol–water partition coefficient (Wildman–Crippen LogP) is 3.20. The van der Waals surface area contributed by atoms with E-state index in [0.717, 1.165) is 27.7 Å². The summed E-state index contributed by atoms with van der Waals surface area (Å²) in [6, 6.07) is 2.90. The van der Waals surface area contributed by atoms with Crippen molar-refractivity contribution < 1.29 is 4.39 Å². The lowest BCUT2D eigenvalue weighted by atomic mass is 10.3. The third-order valence-electron chi connectivity index (χ3n) is 1.96. The van der Waals surface area contributed by atoms with Crippen molar-refractivity contribution in [1.82, 2.24) is 0 Å². The fraction of sp³-hybridized carbons (Fsp3) is 0.222. The van der Waals surface area contributed by atoms with Gasteiger partial charge in [0, 0.05) is 15.5 Å². The summed E-state index contributed by atoms with van der Waals surface area (Å²) in [5.74, 6) is -0.261. The Labute approximate surface area is 98.1 Å². The van der Waals surface area contributed by atoms with Crippen molar-refractivity contribution >= 4 is 43.9 Å². The van der Waals surface area contributed by atoms with Crippen LogP contribution in [0.4, 0.5) is 10.1 Å². The Hall–Kier alpha value is -0.420. The lowest BCUT2D eigenvalue weighted by Crippen LogP contribution is -2.19. The molecule has 1 aromatic carbocycles. The van der Waals surface area contributed by atoms with Crippen LogP contribution in [0.25, 0.3) is 0 Å². The highest BCUT2D eigenvalue weighted by molar-refractivity contribution is 9.11. The molecule has 0 N–H and O–H groups in total. The first-order chi connectivity index (χ1) is 6.68. The molecule has 74 valence electrons. The van der Waals surface area contributed by atoms with E-state index < -0.39 is 0 Å². The van der Waals surface area contributed by atoms with Crippen molar-refractivity contribution in [3.05, 3.63) is 26.9 Å². The number of anilines is 1. The van der Waals surface area contributed by atoms with Gasteiger partial charge in [-0.25, -0.2) is 4.39 Å². The van der Waals surface area contributed by atoms with Crippen LogP contribution in [0.5, 0.6) is 0 Å². The molecule has 0 amide bonds. The summed E-state index contributed by atoms with van der Waals surface area (Å²) in [6.45, 7) is 1.62. The zero-order valence-electron chi connectivity index (χ0n) is 7.17. The van der Waals surface area contributed by atoms with Crippen LogP contribution >= 0.6 is 31.9 Å². The van der Waals surface area contributed by atoms with Crippen LogP contribution < -0.4 is 4.90 Å². The maximum Gasteiger partial charge on any atom is 0.125 e. The summed E-state index contributed by atoms with van der Waals surface area (Å²) in [6.07, 6.45) is 1.77. The minimum Gasteiger partial charge on any atom is -0.329 e. The molecule has 1 aliphatic rings. The summed E-state index contributed by atoms with van der Waals surface area (Å²) in [4.78, 5) is 6.09. The minimum atomic E-state index is -0.261. The van der Waals surface area contributed by atoms with Crippen LogP contribution in [-0.2, 0) is 0 Å². The first-order valence-electron chi connectivity index (χ1n) is 4.09. The molecule has 2 rings (SSSR count). The molecule has 0 aromatic heterocycles. The van der Waals surface area contributed by atoms with Gasteiger partial charge in [-0.05, 0) is 44.0 Å². The average molecular weight is 322 g/mol. The largest absolute Gasteiger partial charge is 0.329 e. The predicted molar refractivity (Wildman–Crippen MR) is 62.5 cm³/mol. The van der Waals surface area contributed by atoms with Gasteiger partial charge in [0.2, 0.25) is 0 Å². The highest BCUT2D eigenvalue weighted by Gasteiger charge is 2.15. The van der Waals surface area contributed by atoms with Gasteiger partial charge in [-0.2, -0.15) is 0 Å². The number of benzene rings is 1. The van der Waals surface area contributed by atoms with E-state index in [1.54, 1.807) is 6.34 Å². The summed E-state index contributed by atoms with van der Waals surface area (Å²) >= 11 is 6.67. The molecule has 0 unspecified atom stereocenters. The minimum absolute atomic E-state index is 0.261. The molecule has 1 heterocycles. The van der Waals surface area contributed by atoms with Gasteiger partial charge in [-0.3, -0.25) is 4.99 Å². The number of aliphatic imine (C=N–C) groups is 1. The highest BCUT2D eigenvalue weighted by Crippen LogP contribution is 2.35. The van der Waals surface area contributed by atoms with Crippen LogP contribution in [0.1, 0.15) is 0 Å². The Bertz CT molecular complexity index is 369. The molecule has 0 aliphatic carbocycles. The van der Waals surface area contributed by atoms with Crippen molar-refractivity contribution in [3.8, 4) is 0 Å². The molecular formula is C9H7Br2FN2. The number of nitrogens with zero attached hydrogens (tertiary/aromatic N) is 2. The van der Waals surface area contributed by atoms with Crippen molar-refractivity contribution in [1.29, 1.82) is 0 Å². The summed E-state index contributed by atoms with van der Waals surface area (Å²) < 4.78 is 14.5. The summed E-state index contributed by atoms with van der Waals surface area (Å²) in [7, 11) is 0. The highest BCUT2D eigenvalue weighted by atomic mass is 79.9. The topological polar surface area (TPSA) is 15.6 Å². The third kappa shape index (κ3) is 1.83. The Morgan fingerprint density at radius 1 is 1.29 bits per heavy atom. The number of halogens is 3. The zero-order valence-corrected chi connectivity index (χ0v) is 10.3. The van der Waals surface area contributed by atoms with Crippen molar-refractivity contribution in [2.45, 2.75) is 0 Å². The Morgan fingerprint density at radius 2 is 1.93 bits per heavy atom. The molecule has 0 fully saturated rings. The third-order valence-corrected chi connectivity index (χ3v) is 3.17. The van der Waals surface area contributed by atoms with E-state index in [1.165, 1.54) is 12.1 Å². The molecule has 0 saturated heterocycles. The Morgan fingerprint density at radius 3 is 2.43 bits per heavy atom. The van der Waals surface area contributed by atoms with Gasteiger partial charge in [0.15, 0.2) is 0 Å². The summed E-state index contributed by atoms with van der Waals surface area (Å²) in [5.41, 5.74) is 0.924. The van der Waals surface area contributed by atoms with E-state index >= 15 is 0 Å². The molecule has 2 nitrogen and oxygen atoms in total. The molecule has 0 atom stereocenters. The fourth-order valence-corrected chi connectivity index (χ4v) is 2.94. The number of hydrogen-bond acceptors (Lipinski definition) is 2. The molecule has 5 heteroatoms. The van der Waals surface area contributed by atoms with E-state index in [0.29, 0.717) is 0 Å². The van der Waals surface area contributed by atoms with Gasteiger partial charge in [0.05, 0.1) is 18.6 Å². The maximum absolute atomic E-state index is 13.0. The quantitative estimate of drug-likeness (QED) is 0.775. The van der Waals surface area contributed by atoms with Gasteiger partial charge >= 0.3 is 0 Å². The van der Waals surface area contributed by atoms with E-state index in [1.807, 2.05) is 4.90 Å². The van der Waals surface area contributed by atoms with E-state index in [9.17, 15) is 4.39 Å². The molecule has 0 bridgehead atoms. The molecule has 1 aliphatic heterocycles. The van der Waals surface area contributed by atoms with Gasteiger partial charge in [-0.1, -0.05) is 0 Å². The van der Waals surface area contributed by atoms with Gasteiger partial charge in [-0.15, -0.1) is 0 Å². The molecule has 0 saturated carbocycles. The maximum atomic E-state index is 13.0.